The number of ketones is 1. The number of carbonyl (C=O) groups excluding carboxylic acids is 1. The molecule has 0 aromatic heterocycles. The summed E-state index contributed by atoms with van der Waals surface area (Å²) in [6.07, 6.45) is 0. The molecule has 1 N–H and O–H groups in total. The first-order valence-corrected chi connectivity index (χ1v) is 4.27. The van der Waals surface area contributed by atoms with Gasteiger partial charge in [-0.2, -0.15) is 0 Å². The second-order valence-corrected chi connectivity index (χ2v) is 2.62. The summed E-state index contributed by atoms with van der Waals surface area (Å²) in [5.41, 5.74) is 0. The van der Waals surface area contributed by atoms with Gasteiger partial charge in [-0.3, -0.25) is 4.79 Å². The number of rotatable bonds is 3. The van der Waals surface area contributed by atoms with Gasteiger partial charge in [0.05, 0.1) is 6.04 Å². The first-order valence-electron chi connectivity index (χ1n) is 4.27. The molecule has 1 atom stereocenters. The molecule has 68 valence electrons. The Kier molecular flexibility index (Phi) is 9.31. The lowest BCUT2D eigenvalue weighted by Crippen LogP contribution is -2.36. The highest BCUT2D eigenvalue weighted by molar-refractivity contribution is 5.81. The molecule has 0 amide bonds. The Bertz CT molecular complexity index is 99.7. The summed E-state index contributed by atoms with van der Waals surface area (Å²) in [5.74, 6) is 0.611. The molecule has 2 heteroatoms. The van der Waals surface area contributed by atoms with E-state index < -0.39 is 0 Å². The van der Waals surface area contributed by atoms with Crippen LogP contribution >= 0.6 is 0 Å². The van der Waals surface area contributed by atoms with Gasteiger partial charge in [0.1, 0.15) is 5.78 Å². The molecule has 1 unspecified atom stereocenters. The minimum atomic E-state index is 0.0324. The first-order chi connectivity index (χ1) is 5.09. The van der Waals surface area contributed by atoms with Crippen LogP contribution in [-0.2, 0) is 4.79 Å². The van der Waals surface area contributed by atoms with Crippen molar-refractivity contribution in [3.63, 3.8) is 0 Å². The lowest BCUT2D eigenvalue weighted by Gasteiger charge is -2.15. The van der Waals surface area contributed by atoms with E-state index in [4.69, 9.17) is 0 Å². The number of Topliss-reactive ketones (excluding diaryl/α,β-unsaturated/α-hetero) is 1. The van der Waals surface area contributed by atoms with E-state index >= 15 is 0 Å². The third kappa shape index (κ3) is 6.05. The van der Waals surface area contributed by atoms with E-state index in [1.54, 1.807) is 6.92 Å². The normalized spacial score (nSPS) is 11.9. The van der Waals surface area contributed by atoms with Crippen molar-refractivity contribution < 1.29 is 4.79 Å². The molecule has 0 aliphatic rings. The fourth-order valence-electron chi connectivity index (χ4n) is 1.01. The van der Waals surface area contributed by atoms with Crippen LogP contribution in [0.25, 0.3) is 0 Å². The molecular formula is C9H21NO. The van der Waals surface area contributed by atoms with Crippen LogP contribution < -0.4 is 5.32 Å². The van der Waals surface area contributed by atoms with E-state index in [2.05, 4.69) is 5.32 Å². The van der Waals surface area contributed by atoms with E-state index in [1.165, 1.54) is 0 Å². The largest absolute Gasteiger partial charge is 0.310 e. The standard InChI is InChI=1S/C7H15NO.C2H6/c1-5(2)7(8-4)6(3)9;1-2/h5,7-8H,1-4H3;1-2H3. The quantitative estimate of drug-likeness (QED) is 0.681. The molecule has 0 aliphatic heterocycles. The van der Waals surface area contributed by atoms with Gasteiger partial charge in [0, 0.05) is 0 Å². The van der Waals surface area contributed by atoms with Crippen molar-refractivity contribution in [2.45, 2.75) is 40.7 Å². The van der Waals surface area contributed by atoms with Crippen molar-refractivity contribution in [3.8, 4) is 0 Å². The average Bonchev–Trinajstić information content (AvgIpc) is 1.91. The highest BCUT2D eigenvalue weighted by Gasteiger charge is 2.14. The number of hydrogen-bond acceptors (Lipinski definition) is 2. The molecule has 0 radical (unpaired) electrons. The highest BCUT2D eigenvalue weighted by atomic mass is 16.1. The van der Waals surface area contributed by atoms with Gasteiger partial charge in [0.25, 0.3) is 0 Å². The van der Waals surface area contributed by atoms with Crippen LogP contribution in [0.4, 0.5) is 0 Å². The van der Waals surface area contributed by atoms with Crippen molar-refractivity contribution in [3.05, 3.63) is 0 Å². The second-order valence-electron chi connectivity index (χ2n) is 2.62. The third-order valence-corrected chi connectivity index (χ3v) is 1.42. The molecule has 0 saturated heterocycles. The first kappa shape index (κ1) is 13.2. The molecule has 0 heterocycles. The third-order valence-electron chi connectivity index (χ3n) is 1.42. The Hall–Kier alpha value is -0.370. The predicted molar refractivity (Wildman–Crippen MR) is 49.7 cm³/mol. The summed E-state index contributed by atoms with van der Waals surface area (Å²) in [4.78, 5) is 10.8. The van der Waals surface area contributed by atoms with Gasteiger partial charge in [0.15, 0.2) is 0 Å². The van der Waals surface area contributed by atoms with Crippen LogP contribution in [0.5, 0.6) is 0 Å². The van der Waals surface area contributed by atoms with Crippen molar-refractivity contribution in [1.29, 1.82) is 0 Å². The minimum absolute atomic E-state index is 0.0324. The van der Waals surface area contributed by atoms with Crippen molar-refractivity contribution in [2.75, 3.05) is 7.05 Å². The van der Waals surface area contributed by atoms with Gasteiger partial charge in [-0.1, -0.05) is 27.7 Å². The SMILES string of the molecule is CC.CNC(C(C)=O)C(C)C. The Morgan fingerprint density at radius 1 is 1.27 bits per heavy atom. The van der Waals surface area contributed by atoms with E-state index in [0.29, 0.717) is 5.92 Å². The Morgan fingerprint density at radius 2 is 1.64 bits per heavy atom. The fourth-order valence-corrected chi connectivity index (χ4v) is 1.01. The summed E-state index contributed by atoms with van der Waals surface area (Å²) in [5, 5.41) is 2.95. The lowest BCUT2D eigenvalue weighted by atomic mass is 10.0. The van der Waals surface area contributed by atoms with Crippen LogP contribution in [0, 0.1) is 5.92 Å². The monoisotopic (exact) mass is 159 g/mol. The zero-order chi connectivity index (χ0) is 9.44. The van der Waals surface area contributed by atoms with Gasteiger partial charge < -0.3 is 5.32 Å². The van der Waals surface area contributed by atoms with E-state index in [1.807, 2.05) is 34.7 Å². The van der Waals surface area contributed by atoms with Gasteiger partial charge in [-0.05, 0) is 19.9 Å². The second kappa shape index (κ2) is 7.73. The molecule has 0 spiro atoms. The maximum absolute atomic E-state index is 10.8. The molecule has 0 bridgehead atoms. The number of carbonyl (C=O) groups is 1. The zero-order valence-corrected chi connectivity index (χ0v) is 8.56. The van der Waals surface area contributed by atoms with Crippen LogP contribution in [0.3, 0.4) is 0 Å². The molecule has 0 aromatic rings. The van der Waals surface area contributed by atoms with Crippen LogP contribution in [0.15, 0.2) is 0 Å². The summed E-state index contributed by atoms with van der Waals surface area (Å²) in [7, 11) is 1.81. The molecule has 2 nitrogen and oxygen atoms in total. The minimum Gasteiger partial charge on any atom is -0.310 e. The summed E-state index contributed by atoms with van der Waals surface area (Å²) in [6.45, 7) is 9.67. The Balaban J connectivity index is 0. The summed E-state index contributed by atoms with van der Waals surface area (Å²) >= 11 is 0. The predicted octanol–water partition coefficient (Wildman–Crippen LogP) is 1.85. The highest BCUT2D eigenvalue weighted by Crippen LogP contribution is 2.00. The van der Waals surface area contributed by atoms with Crippen LogP contribution in [0.2, 0.25) is 0 Å². The molecular weight excluding hydrogens is 138 g/mol. The van der Waals surface area contributed by atoms with Gasteiger partial charge in [-0.15, -0.1) is 0 Å². The Morgan fingerprint density at radius 3 is 1.64 bits per heavy atom. The Labute approximate surface area is 70.4 Å². The number of hydrogen-bond donors (Lipinski definition) is 1. The fraction of sp³-hybridized carbons (Fsp3) is 0.889. The average molecular weight is 159 g/mol. The van der Waals surface area contributed by atoms with Gasteiger partial charge in [-0.25, -0.2) is 0 Å². The molecule has 0 aliphatic carbocycles. The maximum atomic E-state index is 10.8. The van der Waals surface area contributed by atoms with Crippen LogP contribution in [-0.4, -0.2) is 18.9 Å². The van der Waals surface area contributed by atoms with Crippen molar-refractivity contribution in [2.24, 2.45) is 5.92 Å². The van der Waals surface area contributed by atoms with Crippen molar-refractivity contribution in [1.82, 2.24) is 5.32 Å². The lowest BCUT2D eigenvalue weighted by molar-refractivity contribution is -0.119. The van der Waals surface area contributed by atoms with E-state index in [-0.39, 0.29) is 11.8 Å². The number of nitrogens with one attached hydrogen (secondary N) is 1. The molecule has 0 rings (SSSR count). The molecule has 0 saturated carbocycles. The zero-order valence-electron chi connectivity index (χ0n) is 8.56. The van der Waals surface area contributed by atoms with E-state index in [0.717, 1.165) is 0 Å². The van der Waals surface area contributed by atoms with Crippen LogP contribution in [0.1, 0.15) is 34.6 Å². The van der Waals surface area contributed by atoms with Crippen molar-refractivity contribution >= 4 is 5.78 Å². The topological polar surface area (TPSA) is 29.1 Å². The van der Waals surface area contributed by atoms with Gasteiger partial charge >= 0.3 is 0 Å². The molecule has 0 fully saturated rings. The van der Waals surface area contributed by atoms with E-state index in [9.17, 15) is 4.79 Å². The smallest absolute Gasteiger partial charge is 0.146 e. The molecule has 11 heavy (non-hydrogen) atoms. The summed E-state index contributed by atoms with van der Waals surface area (Å²) in [6, 6.07) is 0.0324. The summed E-state index contributed by atoms with van der Waals surface area (Å²) < 4.78 is 0. The molecule has 0 aromatic carbocycles. The maximum Gasteiger partial charge on any atom is 0.146 e. The van der Waals surface area contributed by atoms with Gasteiger partial charge in [0.2, 0.25) is 0 Å². The number of likely N-dealkylation sites (N-methyl/N-ethyl adjacent to an activating group) is 1.